The van der Waals surface area contributed by atoms with Crippen molar-refractivity contribution in [1.29, 1.82) is 0 Å². The molecule has 0 amide bonds. The summed E-state index contributed by atoms with van der Waals surface area (Å²) in [5, 5.41) is 3.19. The Balaban J connectivity index is 2.11. The van der Waals surface area contributed by atoms with Crippen molar-refractivity contribution >= 4 is 23.2 Å². The standard InChI is InChI=1S/C17H18N2S/c1-11-4-6-16-14(8-11)12(2)19-15-9-13(10-18-3)5-7-17(15)20-16/h4-9,18H,10H2,1-3H3. The molecule has 2 aromatic rings. The molecule has 0 fully saturated rings. The molecule has 0 aliphatic carbocycles. The van der Waals surface area contributed by atoms with Crippen molar-refractivity contribution in [2.45, 2.75) is 30.2 Å². The van der Waals surface area contributed by atoms with Crippen LogP contribution in [0.2, 0.25) is 0 Å². The van der Waals surface area contributed by atoms with E-state index in [2.05, 4.69) is 55.6 Å². The lowest BCUT2D eigenvalue weighted by atomic mass is 10.1. The molecular weight excluding hydrogens is 264 g/mol. The third-order valence-corrected chi connectivity index (χ3v) is 4.58. The maximum absolute atomic E-state index is 4.83. The Hall–Kier alpha value is -1.58. The molecule has 3 heteroatoms. The number of nitrogens with one attached hydrogen (secondary N) is 1. The van der Waals surface area contributed by atoms with E-state index >= 15 is 0 Å². The molecule has 2 aromatic carbocycles. The molecule has 0 saturated carbocycles. The number of aliphatic imine (C=N–C) groups is 1. The van der Waals surface area contributed by atoms with Gasteiger partial charge in [-0.2, -0.15) is 0 Å². The van der Waals surface area contributed by atoms with Crippen molar-refractivity contribution in [3.05, 3.63) is 53.1 Å². The van der Waals surface area contributed by atoms with Crippen LogP contribution in [0.15, 0.2) is 51.2 Å². The minimum atomic E-state index is 0.874. The summed E-state index contributed by atoms with van der Waals surface area (Å²) in [5.74, 6) is 0. The minimum Gasteiger partial charge on any atom is -0.316 e. The van der Waals surface area contributed by atoms with E-state index in [0.29, 0.717) is 0 Å². The molecule has 1 aliphatic heterocycles. The molecule has 0 spiro atoms. The van der Waals surface area contributed by atoms with Gasteiger partial charge in [0.15, 0.2) is 0 Å². The fourth-order valence-corrected chi connectivity index (χ4v) is 3.46. The molecule has 0 bridgehead atoms. The number of hydrogen-bond donors (Lipinski definition) is 1. The Bertz CT molecular complexity index is 689. The monoisotopic (exact) mass is 282 g/mol. The average Bonchev–Trinajstić information content (AvgIpc) is 2.56. The van der Waals surface area contributed by atoms with Crippen molar-refractivity contribution in [2.75, 3.05) is 7.05 Å². The summed E-state index contributed by atoms with van der Waals surface area (Å²) >= 11 is 1.81. The van der Waals surface area contributed by atoms with Gasteiger partial charge in [-0.3, -0.25) is 4.99 Å². The molecule has 0 aromatic heterocycles. The molecule has 1 N–H and O–H groups in total. The van der Waals surface area contributed by atoms with Gasteiger partial charge in [0.1, 0.15) is 0 Å². The van der Waals surface area contributed by atoms with Crippen LogP contribution < -0.4 is 5.32 Å². The highest BCUT2D eigenvalue weighted by atomic mass is 32.2. The zero-order chi connectivity index (χ0) is 14.1. The van der Waals surface area contributed by atoms with E-state index in [-0.39, 0.29) is 0 Å². The lowest BCUT2D eigenvalue weighted by molar-refractivity contribution is 0.817. The molecule has 0 radical (unpaired) electrons. The fourth-order valence-electron chi connectivity index (χ4n) is 2.43. The predicted molar refractivity (Wildman–Crippen MR) is 86.4 cm³/mol. The smallest absolute Gasteiger partial charge is 0.0775 e. The quantitative estimate of drug-likeness (QED) is 0.887. The average molecular weight is 282 g/mol. The number of nitrogens with zero attached hydrogens (tertiary/aromatic N) is 1. The first-order valence-electron chi connectivity index (χ1n) is 6.79. The van der Waals surface area contributed by atoms with Crippen LogP contribution in [0.5, 0.6) is 0 Å². The fraction of sp³-hybridized carbons (Fsp3) is 0.235. The Labute approximate surface area is 124 Å². The van der Waals surface area contributed by atoms with Crippen LogP contribution in [0.3, 0.4) is 0 Å². The maximum atomic E-state index is 4.83. The van der Waals surface area contributed by atoms with Gasteiger partial charge in [0, 0.05) is 27.6 Å². The van der Waals surface area contributed by atoms with Crippen LogP contribution in [0.1, 0.15) is 23.6 Å². The van der Waals surface area contributed by atoms with Gasteiger partial charge in [-0.15, -0.1) is 0 Å². The summed E-state index contributed by atoms with van der Waals surface area (Å²) in [6.07, 6.45) is 0. The Morgan fingerprint density at radius 2 is 1.85 bits per heavy atom. The third kappa shape index (κ3) is 2.51. The number of aryl methyl sites for hydroxylation is 1. The van der Waals surface area contributed by atoms with Crippen LogP contribution in [0.25, 0.3) is 0 Å². The van der Waals surface area contributed by atoms with E-state index in [1.807, 2.05) is 18.8 Å². The lowest BCUT2D eigenvalue weighted by Gasteiger charge is -2.07. The van der Waals surface area contributed by atoms with Gasteiger partial charge in [-0.25, -0.2) is 0 Å². The zero-order valence-corrected chi connectivity index (χ0v) is 12.8. The van der Waals surface area contributed by atoms with Gasteiger partial charge in [0.25, 0.3) is 0 Å². The van der Waals surface area contributed by atoms with E-state index in [1.165, 1.54) is 26.5 Å². The largest absolute Gasteiger partial charge is 0.316 e. The minimum absolute atomic E-state index is 0.874. The zero-order valence-electron chi connectivity index (χ0n) is 12.0. The summed E-state index contributed by atoms with van der Waals surface area (Å²) in [5.41, 5.74) is 5.97. The highest BCUT2D eigenvalue weighted by Crippen LogP contribution is 2.40. The van der Waals surface area contributed by atoms with Gasteiger partial charge in [0.05, 0.1) is 5.69 Å². The van der Waals surface area contributed by atoms with Crippen LogP contribution in [0, 0.1) is 6.92 Å². The second-order valence-electron chi connectivity index (χ2n) is 5.13. The summed E-state index contributed by atoms with van der Waals surface area (Å²) < 4.78 is 0. The van der Waals surface area contributed by atoms with Gasteiger partial charge >= 0.3 is 0 Å². The molecule has 2 nitrogen and oxygen atoms in total. The first-order valence-corrected chi connectivity index (χ1v) is 7.61. The second-order valence-corrected chi connectivity index (χ2v) is 6.22. The Morgan fingerprint density at radius 1 is 1.05 bits per heavy atom. The Kier molecular flexibility index (Phi) is 3.64. The van der Waals surface area contributed by atoms with Crippen molar-refractivity contribution in [2.24, 2.45) is 4.99 Å². The number of fused-ring (bicyclic) bond motifs is 2. The van der Waals surface area contributed by atoms with E-state index in [4.69, 9.17) is 4.99 Å². The lowest BCUT2D eigenvalue weighted by Crippen LogP contribution is -2.04. The normalized spacial score (nSPS) is 13.2. The van der Waals surface area contributed by atoms with Crippen molar-refractivity contribution in [3.8, 4) is 0 Å². The molecule has 0 unspecified atom stereocenters. The third-order valence-electron chi connectivity index (χ3n) is 3.44. The molecular formula is C17H18N2S. The second kappa shape index (κ2) is 5.43. The summed E-state index contributed by atoms with van der Waals surface area (Å²) in [6, 6.07) is 13.1. The molecule has 3 rings (SSSR count). The molecule has 102 valence electrons. The summed E-state index contributed by atoms with van der Waals surface area (Å²) in [6.45, 7) is 5.10. The first kappa shape index (κ1) is 13.4. The van der Waals surface area contributed by atoms with Crippen LogP contribution in [-0.2, 0) is 6.54 Å². The topological polar surface area (TPSA) is 24.4 Å². The molecule has 0 atom stereocenters. The van der Waals surface area contributed by atoms with Crippen LogP contribution >= 0.6 is 11.8 Å². The van der Waals surface area contributed by atoms with Crippen LogP contribution in [-0.4, -0.2) is 12.8 Å². The van der Waals surface area contributed by atoms with Gasteiger partial charge in [-0.1, -0.05) is 29.5 Å². The SMILES string of the molecule is CNCc1ccc2c(c1)N=C(C)c1cc(C)ccc1S2. The maximum Gasteiger partial charge on any atom is 0.0775 e. The van der Waals surface area contributed by atoms with Crippen molar-refractivity contribution in [1.82, 2.24) is 5.32 Å². The van der Waals surface area contributed by atoms with Crippen molar-refractivity contribution < 1.29 is 0 Å². The first-order chi connectivity index (χ1) is 9.67. The molecule has 1 heterocycles. The summed E-state index contributed by atoms with van der Waals surface area (Å²) in [4.78, 5) is 7.35. The predicted octanol–water partition coefficient (Wildman–Crippen LogP) is 4.32. The van der Waals surface area contributed by atoms with Gasteiger partial charge in [0.2, 0.25) is 0 Å². The van der Waals surface area contributed by atoms with Crippen molar-refractivity contribution in [3.63, 3.8) is 0 Å². The highest BCUT2D eigenvalue weighted by Gasteiger charge is 2.15. The van der Waals surface area contributed by atoms with Gasteiger partial charge in [-0.05, 0) is 50.7 Å². The molecule has 0 saturated heterocycles. The number of rotatable bonds is 2. The van der Waals surface area contributed by atoms with E-state index in [9.17, 15) is 0 Å². The number of benzene rings is 2. The van der Waals surface area contributed by atoms with E-state index < -0.39 is 0 Å². The number of hydrogen-bond acceptors (Lipinski definition) is 3. The van der Waals surface area contributed by atoms with Crippen LogP contribution in [0.4, 0.5) is 5.69 Å². The van der Waals surface area contributed by atoms with E-state index in [0.717, 1.165) is 17.9 Å². The molecule has 1 aliphatic rings. The van der Waals surface area contributed by atoms with E-state index in [1.54, 1.807) is 0 Å². The van der Waals surface area contributed by atoms with Gasteiger partial charge < -0.3 is 5.32 Å². The highest BCUT2D eigenvalue weighted by molar-refractivity contribution is 7.99. The Morgan fingerprint density at radius 3 is 2.65 bits per heavy atom. The summed E-state index contributed by atoms with van der Waals surface area (Å²) in [7, 11) is 1.97. The molecule has 20 heavy (non-hydrogen) atoms.